The minimum Gasteiger partial charge on any atom is -0.464 e. The third-order valence-electron chi connectivity index (χ3n) is 3.80. The Hall–Kier alpha value is -2.17. The Kier molecular flexibility index (Phi) is 3.73. The maximum atomic E-state index is 12.1. The van der Waals surface area contributed by atoms with Gasteiger partial charge in [0.15, 0.2) is 5.82 Å². The highest BCUT2D eigenvalue weighted by atomic mass is 16.5. The van der Waals surface area contributed by atoms with E-state index in [0.717, 1.165) is 41.9 Å². The highest BCUT2D eigenvalue weighted by molar-refractivity contribution is 5.82. The molecule has 2 aromatic rings. The standard InChI is InChI=1S/C16H19N3O2/c1-3-21-16(20)14-9-6-10-19(14)15-11(2)17-12-7-4-5-8-13(12)18-15/h4-5,7-8,14H,3,6,9-10H2,1-2H3. The van der Waals surface area contributed by atoms with Crippen molar-refractivity contribution in [3.63, 3.8) is 0 Å². The van der Waals surface area contributed by atoms with Gasteiger partial charge < -0.3 is 9.64 Å². The van der Waals surface area contributed by atoms with Crippen LogP contribution in [0.1, 0.15) is 25.5 Å². The second kappa shape index (κ2) is 5.68. The lowest BCUT2D eigenvalue weighted by molar-refractivity contribution is -0.144. The number of fused-ring (bicyclic) bond motifs is 1. The number of benzene rings is 1. The maximum absolute atomic E-state index is 12.1. The number of rotatable bonds is 3. The SMILES string of the molecule is CCOC(=O)C1CCCN1c1nc2ccccc2nc1C. The summed E-state index contributed by atoms with van der Waals surface area (Å²) in [6.45, 7) is 5.00. The molecule has 1 aliphatic heterocycles. The largest absolute Gasteiger partial charge is 0.464 e. The minimum atomic E-state index is -0.237. The number of para-hydroxylation sites is 2. The highest BCUT2D eigenvalue weighted by Crippen LogP contribution is 2.28. The summed E-state index contributed by atoms with van der Waals surface area (Å²) in [6, 6.07) is 7.56. The van der Waals surface area contributed by atoms with Crippen molar-refractivity contribution in [3.8, 4) is 0 Å². The number of hydrogen-bond acceptors (Lipinski definition) is 5. The monoisotopic (exact) mass is 285 g/mol. The van der Waals surface area contributed by atoms with E-state index in [1.54, 1.807) is 0 Å². The first-order chi connectivity index (χ1) is 10.2. The molecule has 1 aromatic carbocycles. The molecule has 110 valence electrons. The van der Waals surface area contributed by atoms with Crippen LogP contribution in [0.25, 0.3) is 11.0 Å². The molecule has 2 heterocycles. The summed E-state index contributed by atoms with van der Waals surface area (Å²) in [5.41, 5.74) is 2.59. The van der Waals surface area contributed by atoms with Gasteiger partial charge in [-0.2, -0.15) is 0 Å². The summed E-state index contributed by atoms with van der Waals surface area (Å²) < 4.78 is 5.18. The van der Waals surface area contributed by atoms with Gasteiger partial charge in [0.05, 0.1) is 23.3 Å². The van der Waals surface area contributed by atoms with Crippen LogP contribution in [0.15, 0.2) is 24.3 Å². The van der Waals surface area contributed by atoms with Crippen molar-refractivity contribution in [2.45, 2.75) is 32.7 Å². The van der Waals surface area contributed by atoms with Gasteiger partial charge >= 0.3 is 5.97 Å². The van der Waals surface area contributed by atoms with E-state index in [1.807, 2.05) is 43.0 Å². The van der Waals surface area contributed by atoms with E-state index >= 15 is 0 Å². The molecule has 0 saturated carbocycles. The number of carbonyl (C=O) groups is 1. The molecule has 5 nitrogen and oxygen atoms in total. The summed E-state index contributed by atoms with van der Waals surface area (Å²) in [7, 11) is 0. The van der Waals surface area contributed by atoms with E-state index in [4.69, 9.17) is 9.72 Å². The van der Waals surface area contributed by atoms with Crippen molar-refractivity contribution in [1.29, 1.82) is 0 Å². The Morgan fingerprint density at radius 1 is 1.33 bits per heavy atom. The molecule has 0 radical (unpaired) electrons. The van der Waals surface area contributed by atoms with E-state index in [-0.39, 0.29) is 12.0 Å². The predicted molar refractivity (Wildman–Crippen MR) is 81.3 cm³/mol. The summed E-state index contributed by atoms with van der Waals surface area (Å²) in [5, 5.41) is 0. The fourth-order valence-electron chi connectivity index (χ4n) is 2.85. The normalized spacial score (nSPS) is 18.2. The Balaban J connectivity index is 1.98. The first-order valence-electron chi connectivity index (χ1n) is 7.37. The topological polar surface area (TPSA) is 55.3 Å². The van der Waals surface area contributed by atoms with E-state index < -0.39 is 0 Å². The average molecular weight is 285 g/mol. The second-order valence-electron chi connectivity index (χ2n) is 5.22. The number of esters is 1. The number of carbonyl (C=O) groups excluding carboxylic acids is 1. The maximum Gasteiger partial charge on any atom is 0.328 e. The molecule has 0 aliphatic carbocycles. The average Bonchev–Trinajstić information content (AvgIpc) is 2.96. The molecule has 1 aromatic heterocycles. The van der Waals surface area contributed by atoms with Crippen LogP contribution >= 0.6 is 0 Å². The van der Waals surface area contributed by atoms with Crippen molar-refractivity contribution in [3.05, 3.63) is 30.0 Å². The summed E-state index contributed by atoms with van der Waals surface area (Å²) in [4.78, 5) is 23.4. The molecule has 0 spiro atoms. The van der Waals surface area contributed by atoms with Gasteiger partial charge in [-0.25, -0.2) is 14.8 Å². The van der Waals surface area contributed by atoms with Crippen molar-refractivity contribution in [2.24, 2.45) is 0 Å². The fourth-order valence-corrected chi connectivity index (χ4v) is 2.85. The predicted octanol–water partition coefficient (Wildman–Crippen LogP) is 2.47. The minimum absolute atomic E-state index is 0.163. The van der Waals surface area contributed by atoms with Crippen molar-refractivity contribution >= 4 is 22.8 Å². The lowest BCUT2D eigenvalue weighted by Crippen LogP contribution is -2.38. The molecule has 1 fully saturated rings. The summed E-state index contributed by atoms with van der Waals surface area (Å²) in [6.07, 6.45) is 1.78. The number of aromatic nitrogens is 2. The van der Waals surface area contributed by atoms with E-state index in [2.05, 4.69) is 4.98 Å². The lowest BCUT2D eigenvalue weighted by atomic mass is 10.2. The van der Waals surface area contributed by atoms with E-state index in [1.165, 1.54) is 0 Å². The Morgan fingerprint density at radius 2 is 2.05 bits per heavy atom. The molecule has 1 unspecified atom stereocenters. The zero-order valence-electron chi connectivity index (χ0n) is 12.4. The van der Waals surface area contributed by atoms with Gasteiger partial charge in [0.2, 0.25) is 0 Å². The van der Waals surface area contributed by atoms with Crippen LogP contribution < -0.4 is 4.90 Å². The smallest absolute Gasteiger partial charge is 0.328 e. The molecule has 1 aliphatic rings. The van der Waals surface area contributed by atoms with Crippen LogP contribution in [0.3, 0.4) is 0 Å². The number of nitrogens with zero attached hydrogens (tertiary/aromatic N) is 3. The summed E-state index contributed by atoms with van der Waals surface area (Å²) in [5.74, 6) is 0.633. The van der Waals surface area contributed by atoms with Crippen LogP contribution in [-0.2, 0) is 9.53 Å². The summed E-state index contributed by atoms with van der Waals surface area (Å²) >= 11 is 0. The van der Waals surface area contributed by atoms with E-state index in [9.17, 15) is 4.79 Å². The van der Waals surface area contributed by atoms with Gasteiger partial charge in [-0.3, -0.25) is 0 Å². The molecule has 0 N–H and O–H groups in total. The van der Waals surface area contributed by atoms with Crippen LogP contribution in [0.4, 0.5) is 5.82 Å². The van der Waals surface area contributed by atoms with Gasteiger partial charge in [0.25, 0.3) is 0 Å². The molecule has 0 bridgehead atoms. The van der Waals surface area contributed by atoms with Gasteiger partial charge in [0, 0.05) is 6.54 Å². The number of anilines is 1. The first-order valence-corrected chi connectivity index (χ1v) is 7.37. The van der Waals surface area contributed by atoms with Gasteiger partial charge in [-0.15, -0.1) is 0 Å². The quantitative estimate of drug-likeness (QED) is 0.811. The second-order valence-corrected chi connectivity index (χ2v) is 5.22. The molecule has 1 saturated heterocycles. The number of hydrogen-bond donors (Lipinski definition) is 0. The number of ether oxygens (including phenoxy) is 1. The molecule has 5 heteroatoms. The fraction of sp³-hybridized carbons (Fsp3) is 0.438. The molecule has 1 atom stereocenters. The van der Waals surface area contributed by atoms with Crippen molar-refractivity contribution < 1.29 is 9.53 Å². The molecular formula is C16H19N3O2. The molecule has 0 amide bonds. The van der Waals surface area contributed by atoms with Crippen LogP contribution in [0.5, 0.6) is 0 Å². The third kappa shape index (κ3) is 2.55. The Bertz CT molecular complexity index is 672. The zero-order chi connectivity index (χ0) is 14.8. The lowest BCUT2D eigenvalue weighted by Gasteiger charge is -2.25. The van der Waals surface area contributed by atoms with Crippen molar-refractivity contribution in [2.75, 3.05) is 18.1 Å². The van der Waals surface area contributed by atoms with Crippen molar-refractivity contribution in [1.82, 2.24) is 9.97 Å². The van der Waals surface area contributed by atoms with E-state index in [0.29, 0.717) is 6.61 Å². The highest BCUT2D eigenvalue weighted by Gasteiger charge is 2.33. The van der Waals surface area contributed by atoms with Crippen LogP contribution in [-0.4, -0.2) is 35.1 Å². The molecule has 3 rings (SSSR count). The zero-order valence-corrected chi connectivity index (χ0v) is 12.4. The Labute approximate surface area is 124 Å². The molecular weight excluding hydrogens is 266 g/mol. The van der Waals surface area contributed by atoms with Gasteiger partial charge in [0.1, 0.15) is 6.04 Å². The van der Waals surface area contributed by atoms with Gasteiger partial charge in [-0.1, -0.05) is 12.1 Å². The van der Waals surface area contributed by atoms with Crippen LogP contribution in [0.2, 0.25) is 0 Å². The molecule has 21 heavy (non-hydrogen) atoms. The van der Waals surface area contributed by atoms with Gasteiger partial charge in [-0.05, 0) is 38.8 Å². The first kappa shape index (κ1) is 13.8. The third-order valence-corrected chi connectivity index (χ3v) is 3.80. The van der Waals surface area contributed by atoms with Crippen LogP contribution in [0, 0.1) is 6.92 Å². The number of aryl methyl sites for hydroxylation is 1. The Morgan fingerprint density at radius 3 is 2.76 bits per heavy atom.